The van der Waals surface area contributed by atoms with E-state index in [1.54, 1.807) is 0 Å². The molecule has 1 saturated carbocycles. The van der Waals surface area contributed by atoms with E-state index in [2.05, 4.69) is 5.32 Å². The van der Waals surface area contributed by atoms with Crippen molar-refractivity contribution in [2.24, 2.45) is 11.8 Å². The van der Waals surface area contributed by atoms with Gasteiger partial charge in [-0.2, -0.15) is 4.73 Å². The first-order valence-electron chi connectivity index (χ1n) is 10.8. The van der Waals surface area contributed by atoms with Crippen molar-refractivity contribution in [1.29, 1.82) is 0 Å². The van der Waals surface area contributed by atoms with Crippen molar-refractivity contribution >= 4 is 17.5 Å². The monoisotopic (exact) mass is 418 g/mol. The lowest BCUT2D eigenvalue weighted by Gasteiger charge is -2.40. The Kier molecular flexibility index (Phi) is 5.23. The molecule has 2 fully saturated rings. The Morgan fingerprint density at radius 2 is 2.00 bits per heavy atom. The summed E-state index contributed by atoms with van der Waals surface area (Å²) in [6.45, 7) is 6.65. The van der Waals surface area contributed by atoms with E-state index >= 15 is 0 Å². The fraction of sp³-hybridized carbons (Fsp3) is 0.714. The van der Waals surface area contributed by atoms with Gasteiger partial charge < -0.3 is 20.2 Å². The van der Waals surface area contributed by atoms with Crippen LogP contribution >= 0.6 is 0 Å². The maximum absolute atomic E-state index is 12.4. The van der Waals surface area contributed by atoms with Crippen LogP contribution in [0, 0.1) is 27.2 Å². The third-order valence-corrected chi connectivity index (χ3v) is 6.23. The predicted molar refractivity (Wildman–Crippen MR) is 110 cm³/mol. The van der Waals surface area contributed by atoms with Crippen molar-refractivity contribution in [2.75, 3.05) is 18.0 Å². The number of hydrogen-bond acceptors (Lipinski definition) is 6. The molecular formula is C21H30N4O5. The molecule has 164 valence electrons. The van der Waals surface area contributed by atoms with Crippen LogP contribution in [0.25, 0.3) is 0 Å². The average molecular weight is 418 g/mol. The van der Waals surface area contributed by atoms with Crippen LogP contribution in [0.1, 0.15) is 57.7 Å². The molecule has 0 unspecified atom stereocenters. The molecule has 3 aliphatic rings. The first-order chi connectivity index (χ1) is 14.1. The number of piperidine rings is 1. The lowest BCUT2D eigenvalue weighted by Crippen LogP contribution is -2.52. The van der Waals surface area contributed by atoms with E-state index in [1.165, 1.54) is 0 Å². The zero-order chi connectivity index (χ0) is 21.6. The van der Waals surface area contributed by atoms with Crippen molar-refractivity contribution in [3.05, 3.63) is 32.8 Å². The number of rotatable bonds is 4. The molecule has 1 aromatic rings. The van der Waals surface area contributed by atoms with E-state index in [1.807, 2.05) is 25.7 Å². The second-order valence-corrected chi connectivity index (χ2v) is 9.81. The standard InChI is InChI=1S/C21H30N4O5/c1-21(2,3)30-20(26)22-15-9-14(13-7-8-13)10-23(11-15)19-16-5-4-6-17(16)24(27)12-18(19)25(28)29/h12-15H,4-11H2,1-3H3,(H,22,26)/t14-,15+/m1/s1. The van der Waals surface area contributed by atoms with E-state index in [0.29, 0.717) is 53.9 Å². The molecule has 1 aromatic heterocycles. The fourth-order valence-corrected chi connectivity index (χ4v) is 4.93. The van der Waals surface area contributed by atoms with Gasteiger partial charge in [0.1, 0.15) is 11.3 Å². The molecule has 2 aliphatic carbocycles. The van der Waals surface area contributed by atoms with Gasteiger partial charge in [0.15, 0.2) is 5.69 Å². The molecular weight excluding hydrogens is 388 g/mol. The van der Waals surface area contributed by atoms with Crippen LogP contribution in [0.15, 0.2) is 6.20 Å². The highest BCUT2D eigenvalue weighted by Crippen LogP contribution is 2.44. The quantitative estimate of drug-likeness (QED) is 0.348. The molecule has 1 N–H and O–H groups in total. The summed E-state index contributed by atoms with van der Waals surface area (Å²) < 4.78 is 6.09. The maximum atomic E-state index is 12.4. The largest absolute Gasteiger partial charge is 0.618 e. The van der Waals surface area contributed by atoms with Crippen molar-refractivity contribution < 1.29 is 19.2 Å². The number of hydrogen-bond donors (Lipinski definition) is 1. The van der Waals surface area contributed by atoms with Gasteiger partial charge >= 0.3 is 11.8 Å². The lowest BCUT2D eigenvalue weighted by atomic mass is 9.89. The van der Waals surface area contributed by atoms with Crippen molar-refractivity contribution in [1.82, 2.24) is 5.32 Å². The van der Waals surface area contributed by atoms with Gasteiger partial charge in [-0.1, -0.05) is 0 Å². The van der Waals surface area contributed by atoms with E-state index in [4.69, 9.17) is 4.74 Å². The Labute approximate surface area is 176 Å². The molecule has 0 bridgehead atoms. The number of anilines is 1. The number of fused-ring (bicyclic) bond motifs is 1. The van der Waals surface area contributed by atoms with Crippen molar-refractivity contribution in [2.45, 2.75) is 70.9 Å². The second-order valence-electron chi connectivity index (χ2n) is 9.81. The first-order valence-corrected chi connectivity index (χ1v) is 10.8. The molecule has 0 aromatic carbocycles. The van der Waals surface area contributed by atoms with Crippen LogP contribution in [-0.2, 0) is 17.6 Å². The molecule has 1 amide bonds. The van der Waals surface area contributed by atoms with Gasteiger partial charge in [0.2, 0.25) is 0 Å². The summed E-state index contributed by atoms with van der Waals surface area (Å²) in [4.78, 5) is 25.7. The lowest BCUT2D eigenvalue weighted by molar-refractivity contribution is -0.617. The van der Waals surface area contributed by atoms with Gasteiger partial charge in [0.05, 0.1) is 16.5 Å². The summed E-state index contributed by atoms with van der Waals surface area (Å²) in [6.07, 6.45) is 5.94. The maximum Gasteiger partial charge on any atom is 0.407 e. The Bertz CT molecular complexity index is 862. The Hall–Kier alpha value is -2.58. The minimum Gasteiger partial charge on any atom is -0.618 e. The minimum atomic E-state index is -0.588. The number of nitrogens with zero attached hydrogens (tertiary/aromatic N) is 3. The van der Waals surface area contributed by atoms with Crippen LogP contribution in [0.3, 0.4) is 0 Å². The Morgan fingerprint density at radius 3 is 2.63 bits per heavy atom. The summed E-state index contributed by atoms with van der Waals surface area (Å²) in [5.41, 5.74) is 1.28. The molecule has 2 atom stereocenters. The highest BCUT2D eigenvalue weighted by Gasteiger charge is 2.42. The number of aromatic nitrogens is 1. The number of pyridine rings is 1. The second kappa shape index (κ2) is 7.59. The molecule has 2 heterocycles. The van der Waals surface area contributed by atoms with Gasteiger partial charge in [-0.3, -0.25) is 10.1 Å². The number of carbonyl (C=O) groups excluding carboxylic acids is 1. The van der Waals surface area contributed by atoms with Crippen LogP contribution in [-0.4, -0.2) is 35.7 Å². The van der Waals surface area contributed by atoms with Crippen LogP contribution in [0.2, 0.25) is 0 Å². The van der Waals surface area contributed by atoms with E-state index in [0.717, 1.165) is 37.4 Å². The SMILES string of the molecule is CC(C)(C)OC(=O)N[C@H]1C[C@@H](C2CC2)CN(c2c([N+](=O)[O-])c[n+]([O-])c3c2CCC3)C1. The zero-order valence-electron chi connectivity index (χ0n) is 17.8. The van der Waals surface area contributed by atoms with E-state index in [-0.39, 0.29) is 11.7 Å². The highest BCUT2D eigenvalue weighted by molar-refractivity contribution is 5.70. The highest BCUT2D eigenvalue weighted by atomic mass is 16.6. The minimum absolute atomic E-state index is 0.141. The molecule has 30 heavy (non-hydrogen) atoms. The number of ether oxygens (including phenoxy) is 1. The third-order valence-electron chi connectivity index (χ3n) is 6.23. The van der Waals surface area contributed by atoms with Crippen molar-refractivity contribution in [3.8, 4) is 0 Å². The summed E-state index contributed by atoms with van der Waals surface area (Å²) in [5, 5.41) is 27.1. The van der Waals surface area contributed by atoms with Crippen LogP contribution < -0.4 is 14.9 Å². The van der Waals surface area contributed by atoms with Gasteiger partial charge in [-0.05, 0) is 64.7 Å². The third kappa shape index (κ3) is 4.29. The van der Waals surface area contributed by atoms with Crippen molar-refractivity contribution in [3.63, 3.8) is 0 Å². The molecule has 1 aliphatic heterocycles. The first kappa shape index (κ1) is 20.7. The molecule has 9 heteroatoms. The molecule has 0 spiro atoms. The fourth-order valence-electron chi connectivity index (χ4n) is 4.93. The van der Waals surface area contributed by atoms with Gasteiger partial charge in [0.25, 0.3) is 6.20 Å². The summed E-state index contributed by atoms with van der Waals surface area (Å²) >= 11 is 0. The Balaban J connectivity index is 1.64. The number of alkyl carbamates (subject to hydrolysis) is 1. The number of carbonyl (C=O) groups is 1. The molecule has 9 nitrogen and oxygen atoms in total. The summed E-state index contributed by atoms with van der Waals surface area (Å²) in [5.74, 6) is 0.950. The molecule has 1 saturated heterocycles. The molecule has 0 radical (unpaired) electrons. The normalized spacial score (nSPS) is 23.8. The zero-order valence-corrected chi connectivity index (χ0v) is 17.8. The average Bonchev–Trinajstić information content (AvgIpc) is 3.36. The smallest absolute Gasteiger partial charge is 0.407 e. The predicted octanol–water partition coefficient (Wildman–Crippen LogP) is 2.85. The Morgan fingerprint density at radius 1 is 1.27 bits per heavy atom. The molecule has 4 rings (SSSR count). The van der Waals surface area contributed by atoms with Gasteiger partial charge in [-0.25, -0.2) is 4.79 Å². The summed E-state index contributed by atoms with van der Waals surface area (Å²) in [7, 11) is 0. The van der Waals surface area contributed by atoms with E-state index < -0.39 is 16.6 Å². The number of nitrogens with one attached hydrogen (secondary N) is 1. The van der Waals surface area contributed by atoms with Crippen LogP contribution in [0.4, 0.5) is 16.2 Å². The topological polar surface area (TPSA) is 112 Å². The number of amides is 1. The van der Waals surface area contributed by atoms with Crippen LogP contribution in [0.5, 0.6) is 0 Å². The van der Waals surface area contributed by atoms with E-state index in [9.17, 15) is 20.1 Å². The number of nitro groups is 1. The van der Waals surface area contributed by atoms with Gasteiger partial charge in [0, 0.05) is 19.5 Å². The summed E-state index contributed by atoms with van der Waals surface area (Å²) in [6, 6.07) is -0.157. The van der Waals surface area contributed by atoms with Gasteiger partial charge in [-0.15, -0.1) is 0 Å².